The van der Waals surface area contributed by atoms with E-state index in [-0.39, 0.29) is 0 Å². The van der Waals surface area contributed by atoms with E-state index < -0.39 is 12.0 Å². The maximum atomic E-state index is 12.3. The molecule has 6 aromatic carbocycles. The van der Waals surface area contributed by atoms with Crippen LogP contribution in [0.25, 0.3) is 43.1 Å². The summed E-state index contributed by atoms with van der Waals surface area (Å²) in [6.45, 7) is 1.75. The van der Waals surface area contributed by atoms with Crippen LogP contribution in [0.4, 0.5) is 11.4 Å². The normalized spacial score (nSPS) is 12.4. The lowest BCUT2D eigenvalue weighted by Gasteiger charge is -2.31. The molecule has 6 rings (SSSR count). The SMILES string of the molecule is C[C@@H](C(=O)O)N(c1cccc2cc3ccccc3cc12)c1cccc2cc3ccccc3cc12. The number of fused-ring (bicyclic) bond motifs is 4. The molecule has 1 atom stereocenters. The Morgan fingerprint density at radius 1 is 0.588 bits per heavy atom. The van der Waals surface area contributed by atoms with Crippen molar-refractivity contribution in [1.82, 2.24) is 0 Å². The van der Waals surface area contributed by atoms with Crippen molar-refractivity contribution in [2.45, 2.75) is 13.0 Å². The van der Waals surface area contributed by atoms with Gasteiger partial charge in [0.25, 0.3) is 0 Å². The third-order valence-corrected chi connectivity index (χ3v) is 6.71. The van der Waals surface area contributed by atoms with E-state index in [4.69, 9.17) is 0 Å². The summed E-state index contributed by atoms with van der Waals surface area (Å²) in [4.78, 5) is 14.3. The van der Waals surface area contributed by atoms with Crippen molar-refractivity contribution in [2.75, 3.05) is 4.90 Å². The van der Waals surface area contributed by atoms with Gasteiger partial charge in [-0.15, -0.1) is 0 Å². The molecule has 0 amide bonds. The number of carboxylic acid groups (broad SMARTS) is 1. The number of anilines is 2. The maximum Gasteiger partial charge on any atom is 0.326 e. The van der Waals surface area contributed by atoms with E-state index in [2.05, 4.69) is 60.7 Å². The van der Waals surface area contributed by atoms with Crippen LogP contribution >= 0.6 is 0 Å². The Kier molecular flexibility index (Phi) is 4.70. The second-order valence-corrected chi connectivity index (χ2v) is 8.78. The Bertz CT molecular complexity index is 1600. The molecule has 0 aromatic heterocycles. The van der Waals surface area contributed by atoms with Gasteiger partial charge in [0.2, 0.25) is 0 Å². The Labute approximate surface area is 197 Å². The fraction of sp³-hybridized carbons (Fsp3) is 0.0645. The number of carbonyl (C=O) groups is 1. The zero-order valence-corrected chi connectivity index (χ0v) is 18.8. The molecular weight excluding hydrogens is 418 g/mol. The van der Waals surface area contributed by atoms with Crippen LogP contribution in [-0.4, -0.2) is 17.1 Å². The average Bonchev–Trinajstić information content (AvgIpc) is 2.86. The Hall–Kier alpha value is -4.37. The van der Waals surface area contributed by atoms with Crippen LogP contribution in [0.3, 0.4) is 0 Å². The van der Waals surface area contributed by atoms with E-state index in [1.807, 2.05) is 53.4 Å². The third-order valence-electron chi connectivity index (χ3n) is 6.71. The third kappa shape index (κ3) is 3.25. The Morgan fingerprint density at radius 3 is 1.38 bits per heavy atom. The van der Waals surface area contributed by atoms with E-state index in [0.29, 0.717) is 0 Å². The molecule has 0 aliphatic heterocycles. The fourth-order valence-corrected chi connectivity index (χ4v) is 4.98. The molecule has 0 saturated carbocycles. The van der Waals surface area contributed by atoms with Crippen LogP contribution in [-0.2, 0) is 4.79 Å². The first-order valence-electron chi connectivity index (χ1n) is 11.5. The van der Waals surface area contributed by atoms with Gasteiger partial charge in [0.1, 0.15) is 6.04 Å². The molecule has 0 aliphatic rings. The van der Waals surface area contributed by atoms with E-state index in [1.54, 1.807) is 6.92 Å². The van der Waals surface area contributed by atoms with Crippen LogP contribution in [0.5, 0.6) is 0 Å². The minimum Gasteiger partial charge on any atom is -0.480 e. The summed E-state index contributed by atoms with van der Waals surface area (Å²) in [7, 11) is 0. The lowest BCUT2D eigenvalue weighted by molar-refractivity contribution is -0.137. The minimum atomic E-state index is -0.865. The zero-order valence-electron chi connectivity index (χ0n) is 18.8. The van der Waals surface area contributed by atoms with Gasteiger partial charge in [-0.3, -0.25) is 0 Å². The van der Waals surface area contributed by atoms with Crippen molar-refractivity contribution < 1.29 is 9.90 Å². The Morgan fingerprint density at radius 2 is 0.971 bits per heavy atom. The van der Waals surface area contributed by atoms with Gasteiger partial charge in [-0.2, -0.15) is 0 Å². The zero-order chi connectivity index (χ0) is 23.2. The standard InChI is InChI=1S/C31H23NO2/c1-20(31(33)34)32(29-14-6-12-25-16-21-8-2-4-10-23(21)18-27(25)29)30-15-7-13-26-17-22-9-3-5-11-24(22)19-28(26)30/h2-20H,1H3,(H,33,34)/t20-/m0/s1. The summed E-state index contributed by atoms with van der Waals surface area (Å²) in [6, 6.07) is 36.7. The van der Waals surface area contributed by atoms with Gasteiger partial charge < -0.3 is 10.0 Å². The van der Waals surface area contributed by atoms with Crippen molar-refractivity contribution in [3.05, 3.63) is 109 Å². The molecule has 0 saturated heterocycles. The molecule has 0 heterocycles. The van der Waals surface area contributed by atoms with Gasteiger partial charge in [0, 0.05) is 22.1 Å². The van der Waals surface area contributed by atoms with Crippen molar-refractivity contribution in [2.24, 2.45) is 0 Å². The molecule has 3 nitrogen and oxygen atoms in total. The highest BCUT2D eigenvalue weighted by molar-refractivity contribution is 6.10. The van der Waals surface area contributed by atoms with Crippen LogP contribution < -0.4 is 4.90 Å². The predicted octanol–water partition coefficient (Wildman–Crippen LogP) is 7.91. The first kappa shape index (κ1) is 20.3. The van der Waals surface area contributed by atoms with Gasteiger partial charge in [-0.25, -0.2) is 4.79 Å². The molecule has 1 N–H and O–H groups in total. The quantitative estimate of drug-likeness (QED) is 0.283. The van der Waals surface area contributed by atoms with E-state index in [0.717, 1.165) is 43.7 Å². The predicted molar refractivity (Wildman–Crippen MR) is 142 cm³/mol. The molecule has 0 radical (unpaired) electrons. The maximum absolute atomic E-state index is 12.3. The van der Waals surface area contributed by atoms with Crippen LogP contribution in [0.15, 0.2) is 109 Å². The number of aliphatic carboxylic acids is 1. The summed E-state index contributed by atoms with van der Waals surface area (Å²) < 4.78 is 0. The number of rotatable bonds is 4. The topological polar surface area (TPSA) is 40.5 Å². The van der Waals surface area contributed by atoms with Gasteiger partial charge in [0.15, 0.2) is 0 Å². The van der Waals surface area contributed by atoms with Crippen molar-refractivity contribution in [3.8, 4) is 0 Å². The van der Waals surface area contributed by atoms with Gasteiger partial charge in [-0.05, 0) is 75.6 Å². The molecule has 0 bridgehead atoms. The lowest BCUT2D eigenvalue weighted by atomic mass is 9.98. The lowest BCUT2D eigenvalue weighted by Crippen LogP contribution is -2.35. The van der Waals surface area contributed by atoms with Crippen LogP contribution in [0.2, 0.25) is 0 Å². The summed E-state index contributed by atoms with van der Waals surface area (Å²) >= 11 is 0. The van der Waals surface area contributed by atoms with Crippen molar-refractivity contribution in [3.63, 3.8) is 0 Å². The summed E-state index contributed by atoms with van der Waals surface area (Å²) in [6.07, 6.45) is 0. The largest absolute Gasteiger partial charge is 0.480 e. The number of carboxylic acids is 1. The second kappa shape index (κ2) is 7.89. The first-order valence-corrected chi connectivity index (χ1v) is 11.5. The minimum absolute atomic E-state index is 0.755. The van der Waals surface area contributed by atoms with Crippen LogP contribution in [0, 0.1) is 0 Å². The molecule has 164 valence electrons. The van der Waals surface area contributed by atoms with E-state index in [1.165, 1.54) is 10.8 Å². The highest BCUT2D eigenvalue weighted by Gasteiger charge is 2.26. The van der Waals surface area contributed by atoms with Gasteiger partial charge >= 0.3 is 5.97 Å². The number of benzene rings is 6. The first-order chi connectivity index (χ1) is 16.6. The molecule has 3 heteroatoms. The smallest absolute Gasteiger partial charge is 0.326 e. The van der Waals surface area contributed by atoms with Crippen LogP contribution in [0.1, 0.15) is 6.92 Å². The molecule has 0 aliphatic carbocycles. The highest BCUT2D eigenvalue weighted by Crippen LogP contribution is 2.40. The number of nitrogens with zero attached hydrogens (tertiary/aromatic N) is 1. The summed E-state index contributed by atoms with van der Waals surface area (Å²) in [5.74, 6) is -0.865. The molecule has 0 spiro atoms. The summed E-state index contributed by atoms with van der Waals surface area (Å²) in [5.41, 5.74) is 1.78. The highest BCUT2D eigenvalue weighted by atomic mass is 16.4. The van der Waals surface area contributed by atoms with E-state index in [9.17, 15) is 9.90 Å². The number of hydrogen-bond acceptors (Lipinski definition) is 2. The second-order valence-electron chi connectivity index (χ2n) is 8.78. The molecular formula is C31H23NO2. The van der Waals surface area contributed by atoms with E-state index >= 15 is 0 Å². The number of hydrogen-bond donors (Lipinski definition) is 1. The summed E-state index contributed by atoms with van der Waals surface area (Å²) in [5, 5.41) is 19.0. The van der Waals surface area contributed by atoms with Gasteiger partial charge in [-0.1, -0.05) is 72.8 Å². The Balaban J connectivity index is 1.67. The fourth-order valence-electron chi connectivity index (χ4n) is 4.98. The van der Waals surface area contributed by atoms with Gasteiger partial charge in [0.05, 0.1) is 0 Å². The van der Waals surface area contributed by atoms with Crippen molar-refractivity contribution in [1.29, 1.82) is 0 Å². The molecule has 6 aromatic rings. The molecule has 0 fully saturated rings. The molecule has 34 heavy (non-hydrogen) atoms. The monoisotopic (exact) mass is 441 g/mol. The van der Waals surface area contributed by atoms with Crippen molar-refractivity contribution >= 4 is 60.4 Å². The average molecular weight is 442 g/mol. The molecule has 0 unspecified atom stereocenters.